The average Bonchev–Trinajstić information content (AvgIpc) is 3.41. The average molecular weight is 490 g/mol. The molecule has 0 amide bonds. The molecule has 37 heavy (non-hydrogen) atoms. The van der Waals surface area contributed by atoms with Crippen molar-refractivity contribution in [3.05, 3.63) is 107 Å². The summed E-state index contributed by atoms with van der Waals surface area (Å²) in [5.74, 6) is -0.633. The van der Waals surface area contributed by atoms with Crippen LogP contribution in [0, 0.1) is 17.1 Å². The summed E-state index contributed by atoms with van der Waals surface area (Å²) < 4.78 is 15.6. The minimum atomic E-state index is -0.725. The Balaban J connectivity index is 1.43. The van der Waals surface area contributed by atoms with Crippen LogP contribution in [0.1, 0.15) is 52.3 Å². The van der Waals surface area contributed by atoms with Crippen molar-refractivity contribution in [2.45, 2.75) is 38.5 Å². The van der Waals surface area contributed by atoms with E-state index >= 15 is 4.39 Å². The maximum Gasteiger partial charge on any atom is 0.167 e. The number of hydrogen-bond donors (Lipinski definition) is 0. The summed E-state index contributed by atoms with van der Waals surface area (Å²) in [4.78, 5) is 30.8. The van der Waals surface area contributed by atoms with Gasteiger partial charge in [-0.15, -0.1) is 0 Å². The molecular formula is C30H24FN5O. The third-order valence-electron chi connectivity index (χ3n) is 6.60. The van der Waals surface area contributed by atoms with Crippen LogP contribution in [-0.2, 0) is 24.7 Å². The summed E-state index contributed by atoms with van der Waals surface area (Å²) in [7, 11) is 0. The maximum atomic E-state index is 15.6. The predicted molar refractivity (Wildman–Crippen MR) is 139 cm³/mol. The number of ketones is 1. The molecular weight excluding hydrogens is 465 g/mol. The van der Waals surface area contributed by atoms with Gasteiger partial charge in [0.15, 0.2) is 5.78 Å². The van der Waals surface area contributed by atoms with Gasteiger partial charge in [-0.05, 0) is 48.7 Å². The van der Waals surface area contributed by atoms with Gasteiger partial charge in [-0.1, -0.05) is 36.4 Å². The molecule has 2 aromatic carbocycles. The van der Waals surface area contributed by atoms with Gasteiger partial charge in [0, 0.05) is 42.8 Å². The Bertz CT molecular complexity index is 1590. The summed E-state index contributed by atoms with van der Waals surface area (Å²) in [5, 5.41) is 9.43. The van der Waals surface area contributed by atoms with Crippen molar-refractivity contribution in [2.24, 2.45) is 4.99 Å². The van der Waals surface area contributed by atoms with Crippen LogP contribution in [0.5, 0.6) is 0 Å². The summed E-state index contributed by atoms with van der Waals surface area (Å²) in [6, 6.07) is 18.1. The standard InChI is InChI=1S/C30H24FN5O/c1-30(2,17-32)22-9-4-6-19(14-22)26(37)16-21-8-3-7-20(27(21)31)15-25-23(10-5-12-33-25)28-29-24(11-13-34-29)35-18-36-28/h3-10,12-14,18H,11,15-16H2,1-2H3. The molecule has 0 aliphatic carbocycles. The molecule has 1 aliphatic rings. The first-order valence-electron chi connectivity index (χ1n) is 12.0. The zero-order valence-corrected chi connectivity index (χ0v) is 20.6. The van der Waals surface area contributed by atoms with E-state index < -0.39 is 11.2 Å². The number of benzene rings is 2. The van der Waals surface area contributed by atoms with Gasteiger partial charge in [0.2, 0.25) is 0 Å². The minimum Gasteiger partial charge on any atom is -0.294 e. The fourth-order valence-electron chi connectivity index (χ4n) is 4.42. The second-order valence-corrected chi connectivity index (χ2v) is 9.52. The second kappa shape index (κ2) is 9.82. The van der Waals surface area contributed by atoms with Gasteiger partial charge in [-0.3, -0.25) is 14.8 Å². The lowest BCUT2D eigenvalue weighted by molar-refractivity contribution is 0.0991. The third kappa shape index (κ3) is 4.78. The van der Waals surface area contributed by atoms with Gasteiger partial charge >= 0.3 is 0 Å². The van der Waals surface area contributed by atoms with E-state index in [0.717, 1.165) is 22.5 Å². The van der Waals surface area contributed by atoms with Gasteiger partial charge in [-0.2, -0.15) is 5.26 Å². The van der Waals surface area contributed by atoms with Crippen LogP contribution < -0.4 is 0 Å². The molecule has 0 atom stereocenters. The number of rotatable bonds is 7. The van der Waals surface area contributed by atoms with Crippen molar-refractivity contribution >= 4 is 17.7 Å². The van der Waals surface area contributed by atoms with E-state index in [1.165, 1.54) is 6.33 Å². The molecule has 0 N–H and O–H groups in total. The summed E-state index contributed by atoms with van der Waals surface area (Å²) in [6.07, 6.45) is 5.79. The number of aromatic nitrogens is 3. The lowest BCUT2D eigenvalue weighted by atomic mass is 9.85. The van der Waals surface area contributed by atoms with E-state index in [1.54, 1.807) is 62.7 Å². The zero-order valence-electron chi connectivity index (χ0n) is 20.6. The van der Waals surface area contributed by atoms with Crippen LogP contribution in [-0.4, -0.2) is 26.9 Å². The lowest BCUT2D eigenvalue weighted by Gasteiger charge is -2.16. The molecule has 0 fully saturated rings. The van der Waals surface area contributed by atoms with Crippen molar-refractivity contribution in [2.75, 3.05) is 0 Å². The topological polar surface area (TPSA) is 91.9 Å². The predicted octanol–water partition coefficient (Wildman–Crippen LogP) is 5.75. The molecule has 5 rings (SSSR count). The summed E-state index contributed by atoms with van der Waals surface area (Å²) in [6.45, 7) is 3.60. The Kier molecular flexibility index (Phi) is 6.41. The number of pyridine rings is 1. The quantitative estimate of drug-likeness (QED) is 0.308. The molecule has 4 aromatic rings. The fourth-order valence-corrected chi connectivity index (χ4v) is 4.42. The van der Waals surface area contributed by atoms with E-state index in [9.17, 15) is 10.1 Å². The molecule has 0 saturated heterocycles. The Labute approximate surface area is 214 Å². The van der Waals surface area contributed by atoms with E-state index in [1.807, 2.05) is 18.2 Å². The van der Waals surface area contributed by atoms with Crippen LogP contribution in [0.15, 0.2) is 72.1 Å². The van der Waals surface area contributed by atoms with E-state index in [4.69, 9.17) is 0 Å². The van der Waals surface area contributed by atoms with Crippen molar-refractivity contribution in [1.29, 1.82) is 5.26 Å². The Morgan fingerprint density at radius 1 is 1.05 bits per heavy atom. The maximum absolute atomic E-state index is 15.6. The Hall–Kier alpha value is -4.57. The smallest absolute Gasteiger partial charge is 0.167 e. The fraction of sp³-hybridized carbons (Fsp3) is 0.200. The molecule has 0 unspecified atom stereocenters. The van der Waals surface area contributed by atoms with Crippen LogP contribution in [0.3, 0.4) is 0 Å². The van der Waals surface area contributed by atoms with Crippen molar-refractivity contribution in [3.63, 3.8) is 0 Å². The monoisotopic (exact) mass is 489 g/mol. The molecule has 7 heteroatoms. The molecule has 0 radical (unpaired) electrons. The Morgan fingerprint density at radius 3 is 2.70 bits per heavy atom. The highest BCUT2D eigenvalue weighted by molar-refractivity contribution is 5.97. The number of hydrogen-bond acceptors (Lipinski definition) is 6. The molecule has 0 spiro atoms. The minimum absolute atomic E-state index is 0.0840. The largest absolute Gasteiger partial charge is 0.294 e. The molecule has 0 saturated carbocycles. The lowest BCUT2D eigenvalue weighted by Crippen LogP contribution is -2.15. The van der Waals surface area contributed by atoms with E-state index in [0.29, 0.717) is 34.5 Å². The SMILES string of the molecule is CC(C)(C#N)c1cccc(C(=O)Cc2cccc(Cc3ncccc3-c3ncnc4c3N=CC4)c2F)c1. The van der Waals surface area contributed by atoms with E-state index in [2.05, 4.69) is 26.0 Å². The third-order valence-corrected chi connectivity index (χ3v) is 6.60. The van der Waals surface area contributed by atoms with E-state index in [-0.39, 0.29) is 18.6 Å². The number of halogens is 1. The molecule has 2 aromatic heterocycles. The highest BCUT2D eigenvalue weighted by Crippen LogP contribution is 2.35. The number of nitrogens with zero attached hydrogens (tertiary/aromatic N) is 5. The second-order valence-electron chi connectivity index (χ2n) is 9.52. The van der Waals surface area contributed by atoms with Gasteiger partial charge in [0.1, 0.15) is 23.5 Å². The Morgan fingerprint density at radius 2 is 1.86 bits per heavy atom. The van der Waals surface area contributed by atoms with Crippen LogP contribution >= 0.6 is 0 Å². The van der Waals surface area contributed by atoms with Crippen molar-refractivity contribution in [1.82, 2.24) is 15.0 Å². The highest BCUT2D eigenvalue weighted by atomic mass is 19.1. The molecule has 1 aliphatic heterocycles. The van der Waals surface area contributed by atoms with Gasteiger partial charge < -0.3 is 0 Å². The summed E-state index contributed by atoms with van der Waals surface area (Å²) in [5.41, 5.74) is 4.93. The highest BCUT2D eigenvalue weighted by Gasteiger charge is 2.22. The normalized spacial score (nSPS) is 12.3. The first-order valence-corrected chi connectivity index (χ1v) is 12.0. The summed E-state index contributed by atoms with van der Waals surface area (Å²) >= 11 is 0. The molecule has 3 heterocycles. The number of nitriles is 1. The van der Waals surface area contributed by atoms with Crippen molar-refractivity contribution < 1.29 is 9.18 Å². The molecule has 0 bridgehead atoms. The molecule has 182 valence electrons. The number of fused-ring (bicyclic) bond motifs is 1. The van der Waals surface area contributed by atoms with Crippen LogP contribution in [0.4, 0.5) is 10.1 Å². The number of aliphatic imine (C=N–C) groups is 1. The van der Waals surface area contributed by atoms with Gasteiger partial charge in [0.05, 0.1) is 22.9 Å². The van der Waals surface area contributed by atoms with Crippen molar-refractivity contribution in [3.8, 4) is 17.3 Å². The molecule has 6 nitrogen and oxygen atoms in total. The number of carbonyl (C=O) groups is 1. The van der Waals surface area contributed by atoms with Gasteiger partial charge in [-0.25, -0.2) is 14.4 Å². The number of Topliss-reactive ketones (excluding diaryl/α,β-unsaturated/α-hetero) is 1. The van der Waals surface area contributed by atoms with Crippen LogP contribution in [0.25, 0.3) is 11.3 Å². The first-order chi connectivity index (χ1) is 17.9. The zero-order chi connectivity index (χ0) is 26.0. The van der Waals surface area contributed by atoms with Gasteiger partial charge in [0.25, 0.3) is 0 Å². The first kappa shape index (κ1) is 24.1. The number of carbonyl (C=O) groups excluding carboxylic acids is 1. The van der Waals surface area contributed by atoms with Crippen LogP contribution in [0.2, 0.25) is 0 Å².